The highest BCUT2D eigenvalue weighted by Gasteiger charge is 2.42. The number of hydrogen-bond acceptors (Lipinski definition) is 5. The molecule has 3 aliphatic rings. The summed E-state index contributed by atoms with van der Waals surface area (Å²) in [6.07, 6.45) is 0.808. The summed E-state index contributed by atoms with van der Waals surface area (Å²) in [6.45, 7) is 5.85. The maximum absolute atomic E-state index is 13.4. The largest absolute Gasteiger partial charge is 0.476 e. The van der Waals surface area contributed by atoms with Crippen LogP contribution in [0.4, 0.5) is 11.4 Å². The highest BCUT2D eigenvalue weighted by atomic mass is 16.5. The van der Waals surface area contributed by atoms with Gasteiger partial charge in [-0.3, -0.25) is 19.3 Å². The molecule has 8 nitrogen and oxygen atoms in total. The zero-order chi connectivity index (χ0) is 23.2. The summed E-state index contributed by atoms with van der Waals surface area (Å²) in [4.78, 5) is 44.5. The molecule has 1 fully saturated rings. The van der Waals surface area contributed by atoms with Crippen LogP contribution in [0, 0.1) is 0 Å². The minimum Gasteiger partial charge on any atom is -0.476 e. The third kappa shape index (κ3) is 3.84. The van der Waals surface area contributed by atoms with Gasteiger partial charge in [0.25, 0.3) is 11.8 Å². The Morgan fingerprint density at radius 2 is 1.76 bits per heavy atom. The molecule has 0 aliphatic carbocycles. The molecule has 0 radical (unpaired) electrons. The molecule has 0 bridgehead atoms. The molecule has 3 heterocycles. The Hall–Kier alpha value is -3.39. The molecule has 5 rings (SSSR count). The first-order valence-corrected chi connectivity index (χ1v) is 11.3. The Morgan fingerprint density at radius 1 is 1.00 bits per heavy atom. The molecule has 2 aromatic carbocycles. The van der Waals surface area contributed by atoms with Crippen molar-refractivity contribution in [2.75, 3.05) is 49.2 Å². The molecular weight excluding hydrogens is 422 g/mol. The van der Waals surface area contributed by atoms with Gasteiger partial charge >= 0.3 is 0 Å². The number of rotatable bonds is 3. The Balaban J connectivity index is 1.46. The van der Waals surface area contributed by atoms with Crippen LogP contribution in [-0.2, 0) is 20.7 Å². The molecule has 0 atom stereocenters. The van der Waals surface area contributed by atoms with E-state index in [0.717, 1.165) is 17.7 Å². The molecule has 3 aliphatic heterocycles. The van der Waals surface area contributed by atoms with E-state index in [1.807, 2.05) is 24.3 Å². The number of anilines is 2. The van der Waals surface area contributed by atoms with Crippen LogP contribution in [0.15, 0.2) is 42.5 Å². The fourth-order valence-electron chi connectivity index (χ4n) is 4.61. The Bertz CT molecular complexity index is 1120. The lowest BCUT2D eigenvalue weighted by Crippen LogP contribution is -2.56. The second kappa shape index (κ2) is 8.19. The molecule has 1 saturated heterocycles. The van der Waals surface area contributed by atoms with Crippen molar-refractivity contribution in [1.29, 1.82) is 0 Å². The van der Waals surface area contributed by atoms with Crippen LogP contribution >= 0.6 is 0 Å². The molecule has 8 heteroatoms. The number of carbonyl (C=O) groups is 3. The standard InChI is InChI=1S/C25H27N3O5/c1-25(2)24(31)28(16-22(29)26-11-13-32-14-12-26)20-15-18(7-8-21(20)33-25)23(30)27-10-9-17-5-3-4-6-19(17)27/h3-8,15H,9-14,16H2,1-2H3. The predicted molar refractivity (Wildman–Crippen MR) is 123 cm³/mol. The second-order valence-electron chi connectivity index (χ2n) is 9.01. The highest BCUT2D eigenvalue weighted by molar-refractivity contribution is 6.10. The molecule has 0 N–H and O–H groups in total. The highest BCUT2D eigenvalue weighted by Crippen LogP contribution is 2.39. The van der Waals surface area contributed by atoms with Crippen LogP contribution in [-0.4, -0.2) is 67.6 Å². The fraction of sp³-hybridized carbons (Fsp3) is 0.400. The molecular formula is C25H27N3O5. The second-order valence-corrected chi connectivity index (χ2v) is 9.01. The number of hydrogen-bond donors (Lipinski definition) is 0. The van der Waals surface area contributed by atoms with Gasteiger partial charge in [0.15, 0.2) is 5.60 Å². The van der Waals surface area contributed by atoms with E-state index >= 15 is 0 Å². The quantitative estimate of drug-likeness (QED) is 0.718. The monoisotopic (exact) mass is 449 g/mol. The molecule has 0 aromatic heterocycles. The third-order valence-corrected chi connectivity index (χ3v) is 6.41. The number of benzene rings is 2. The lowest BCUT2D eigenvalue weighted by Gasteiger charge is -2.39. The predicted octanol–water partition coefficient (Wildman–Crippen LogP) is 2.25. The smallest absolute Gasteiger partial charge is 0.271 e. The van der Waals surface area contributed by atoms with Gasteiger partial charge in [-0.2, -0.15) is 0 Å². The van der Waals surface area contributed by atoms with Crippen molar-refractivity contribution in [3.8, 4) is 5.75 Å². The van der Waals surface area contributed by atoms with E-state index in [1.165, 1.54) is 4.90 Å². The average Bonchev–Trinajstić information content (AvgIpc) is 3.26. The number of carbonyl (C=O) groups excluding carboxylic acids is 3. The van der Waals surface area contributed by atoms with Crippen molar-refractivity contribution < 1.29 is 23.9 Å². The van der Waals surface area contributed by atoms with E-state index in [1.54, 1.807) is 41.8 Å². The number of nitrogens with zero attached hydrogens (tertiary/aromatic N) is 3. The van der Waals surface area contributed by atoms with Crippen LogP contribution in [0.1, 0.15) is 29.8 Å². The maximum atomic E-state index is 13.4. The lowest BCUT2D eigenvalue weighted by atomic mass is 10.0. The molecule has 0 spiro atoms. The molecule has 2 aromatic rings. The molecule has 0 unspecified atom stereocenters. The van der Waals surface area contributed by atoms with Crippen molar-refractivity contribution in [3.63, 3.8) is 0 Å². The van der Waals surface area contributed by atoms with Crippen molar-refractivity contribution in [2.24, 2.45) is 0 Å². The SMILES string of the molecule is CC1(C)Oc2ccc(C(=O)N3CCc4ccccc43)cc2N(CC(=O)N2CCOCC2)C1=O. The van der Waals surface area contributed by atoms with Gasteiger partial charge in [-0.25, -0.2) is 0 Å². The summed E-state index contributed by atoms with van der Waals surface area (Å²) in [5, 5.41) is 0. The fourth-order valence-corrected chi connectivity index (χ4v) is 4.61. The van der Waals surface area contributed by atoms with E-state index in [2.05, 4.69) is 0 Å². The van der Waals surface area contributed by atoms with Gasteiger partial charge < -0.3 is 19.3 Å². The third-order valence-electron chi connectivity index (χ3n) is 6.41. The minimum absolute atomic E-state index is 0.108. The molecule has 33 heavy (non-hydrogen) atoms. The van der Waals surface area contributed by atoms with Gasteiger partial charge in [0.05, 0.1) is 18.9 Å². The van der Waals surface area contributed by atoms with Gasteiger partial charge in [0.1, 0.15) is 12.3 Å². The Morgan fingerprint density at radius 3 is 2.55 bits per heavy atom. The maximum Gasteiger partial charge on any atom is 0.271 e. The first-order chi connectivity index (χ1) is 15.8. The van der Waals surface area contributed by atoms with Crippen molar-refractivity contribution in [2.45, 2.75) is 25.9 Å². The van der Waals surface area contributed by atoms with Crippen molar-refractivity contribution in [1.82, 2.24) is 4.90 Å². The summed E-state index contributed by atoms with van der Waals surface area (Å²) in [5.74, 6) is -0.125. The van der Waals surface area contributed by atoms with E-state index < -0.39 is 5.60 Å². The van der Waals surface area contributed by atoms with E-state index in [9.17, 15) is 14.4 Å². The topological polar surface area (TPSA) is 79.4 Å². The molecule has 0 saturated carbocycles. The van der Waals surface area contributed by atoms with Gasteiger partial charge in [-0.05, 0) is 50.1 Å². The summed E-state index contributed by atoms with van der Waals surface area (Å²) in [6, 6.07) is 13.0. The first-order valence-electron chi connectivity index (χ1n) is 11.3. The van der Waals surface area contributed by atoms with E-state index in [-0.39, 0.29) is 24.3 Å². The zero-order valence-corrected chi connectivity index (χ0v) is 18.9. The van der Waals surface area contributed by atoms with E-state index in [0.29, 0.717) is 49.8 Å². The van der Waals surface area contributed by atoms with Gasteiger partial charge in [0.2, 0.25) is 5.91 Å². The lowest BCUT2D eigenvalue weighted by molar-refractivity contribution is -0.138. The van der Waals surface area contributed by atoms with E-state index in [4.69, 9.17) is 9.47 Å². The summed E-state index contributed by atoms with van der Waals surface area (Å²) in [5.41, 5.74) is 1.83. The van der Waals surface area contributed by atoms with Gasteiger partial charge in [0, 0.05) is 30.9 Å². The van der Waals surface area contributed by atoms with Crippen LogP contribution in [0.5, 0.6) is 5.75 Å². The number of morpholine rings is 1. The zero-order valence-electron chi connectivity index (χ0n) is 18.9. The molecule has 172 valence electrons. The van der Waals surface area contributed by atoms with Gasteiger partial charge in [-0.15, -0.1) is 0 Å². The van der Waals surface area contributed by atoms with Crippen LogP contribution in [0.25, 0.3) is 0 Å². The Kier molecular flexibility index (Phi) is 5.32. The normalized spacial score (nSPS) is 19.1. The van der Waals surface area contributed by atoms with Gasteiger partial charge in [-0.1, -0.05) is 18.2 Å². The van der Waals surface area contributed by atoms with Crippen LogP contribution in [0.3, 0.4) is 0 Å². The van der Waals surface area contributed by atoms with Crippen molar-refractivity contribution in [3.05, 3.63) is 53.6 Å². The first kappa shape index (κ1) is 21.5. The summed E-state index contributed by atoms with van der Waals surface area (Å²) < 4.78 is 11.3. The number of amides is 3. The Labute approximate surface area is 192 Å². The molecule has 3 amide bonds. The van der Waals surface area contributed by atoms with Crippen LogP contribution in [0.2, 0.25) is 0 Å². The average molecular weight is 450 g/mol. The number of ether oxygens (including phenoxy) is 2. The van der Waals surface area contributed by atoms with Crippen LogP contribution < -0.4 is 14.5 Å². The summed E-state index contributed by atoms with van der Waals surface area (Å²) in [7, 11) is 0. The number of para-hydroxylation sites is 1. The van der Waals surface area contributed by atoms with Crippen molar-refractivity contribution >= 4 is 29.1 Å². The number of fused-ring (bicyclic) bond motifs is 2. The summed E-state index contributed by atoms with van der Waals surface area (Å²) >= 11 is 0. The minimum atomic E-state index is -1.11.